The fourth-order valence-corrected chi connectivity index (χ4v) is 2.93. The first-order valence-corrected chi connectivity index (χ1v) is 8.11. The topological polar surface area (TPSA) is 12.0 Å². The minimum absolute atomic E-state index is 0.0974. The molecular formula is C17H20FNS. The molecule has 0 spiro atoms. The zero-order chi connectivity index (χ0) is 14.4. The summed E-state index contributed by atoms with van der Waals surface area (Å²) in [6, 6.07) is 15.1. The third-order valence-corrected chi connectivity index (χ3v) is 4.08. The summed E-state index contributed by atoms with van der Waals surface area (Å²) in [7, 11) is 0. The van der Waals surface area contributed by atoms with Gasteiger partial charge in [-0.15, -0.1) is 11.8 Å². The second-order valence-corrected chi connectivity index (χ2v) is 5.50. The fourth-order valence-electron chi connectivity index (χ4n) is 2.29. The van der Waals surface area contributed by atoms with E-state index < -0.39 is 0 Å². The maximum absolute atomic E-state index is 14.1. The highest BCUT2D eigenvalue weighted by Gasteiger charge is 2.19. The molecule has 1 unspecified atom stereocenters. The zero-order valence-corrected chi connectivity index (χ0v) is 12.7. The molecule has 0 bridgehead atoms. The van der Waals surface area contributed by atoms with Gasteiger partial charge in [-0.05, 0) is 36.9 Å². The summed E-state index contributed by atoms with van der Waals surface area (Å²) < 4.78 is 14.1. The van der Waals surface area contributed by atoms with Crippen molar-refractivity contribution >= 4 is 11.8 Å². The standard InChI is InChI=1S/C17H20FNS/c1-3-12-19-17(13-8-4-6-10-15(13)18)14-9-5-7-11-16(14)20-2/h4-11,17,19H,3,12H2,1-2H3. The summed E-state index contributed by atoms with van der Waals surface area (Å²) in [5.74, 6) is -0.156. The third kappa shape index (κ3) is 3.41. The van der Waals surface area contributed by atoms with Gasteiger partial charge in [0.15, 0.2) is 0 Å². The second-order valence-electron chi connectivity index (χ2n) is 4.65. The molecule has 2 aromatic carbocycles. The average molecular weight is 289 g/mol. The third-order valence-electron chi connectivity index (χ3n) is 3.26. The van der Waals surface area contributed by atoms with E-state index in [1.165, 1.54) is 11.0 Å². The Morgan fingerprint density at radius 2 is 1.70 bits per heavy atom. The molecule has 0 amide bonds. The van der Waals surface area contributed by atoms with E-state index in [9.17, 15) is 4.39 Å². The molecule has 0 aliphatic rings. The van der Waals surface area contributed by atoms with Crippen molar-refractivity contribution in [2.75, 3.05) is 12.8 Å². The lowest BCUT2D eigenvalue weighted by Crippen LogP contribution is -2.24. The molecule has 0 aromatic heterocycles. The van der Waals surface area contributed by atoms with Crippen LogP contribution in [0.25, 0.3) is 0 Å². The number of rotatable bonds is 6. The zero-order valence-electron chi connectivity index (χ0n) is 11.9. The molecule has 3 heteroatoms. The summed E-state index contributed by atoms with van der Waals surface area (Å²) in [4.78, 5) is 1.18. The van der Waals surface area contributed by atoms with Gasteiger partial charge in [-0.25, -0.2) is 4.39 Å². The van der Waals surface area contributed by atoms with Crippen molar-refractivity contribution in [2.24, 2.45) is 0 Å². The van der Waals surface area contributed by atoms with E-state index in [2.05, 4.69) is 30.6 Å². The first kappa shape index (κ1) is 15.1. The first-order chi connectivity index (χ1) is 9.77. The summed E-state index contributed by atoms with van der Waals surface area (Å²) in [5.41, 5.74) is 1.85. The molecule has 2 rings (SSSR count). The number of thioether (sulfide) groups is 1. The normalized spacial score (nSPS) is 12.3. The molecule has 1 N–H and O–H groups in total. The molecule has 0 heterocycles. The smallest absolute Gasteiger partial charge is 0.128 e. The van der Waals surface area contributed by atoms with Gasteiger partial charge in [0.25, 0.3) is 0 Å². The van der Waals surface area contributed by atoms with Gasteiger partial charge in [0.2, 0.25) is 0 Å². The van der Waals surface area contributed by atoms with E-state index in [1.54, 1.807) is 17.8 Å². The summed E-state index contributed by atoms with van der Waals surface area (Å²) in [6.45, 7) is 2.98. The van der Waals surface area contributed by atoms with Crippen molar-refractivity contribution in [1.29, 1.82) is 0 Å². The monoisotopic (exact) mass is 289 g/mol. The Hall–Kier alpha value is -1.32. The molecule has 0 aliphatic heterocycles. The Bertz CT molecular complexity index is 556. The van der Waals surface area contributed by atoms with Crippen LogP contribution in [0.2, 0.25) is 0 Å². The van der Waals surface area contributed by atoms with Gasteiger partial charge in [-0.2, -0.15) is 0 Å². The molecular weight excluding hydrogens is 269 g/mol. The fraction of sp³-hybridized carbons (Fsp3) is 0.294. The lowest BCUT2D eigenvalue weighted by molar-refractivity contribution is 0.542. The highest BCUT2D eigenvalue weighted by Crippen LogP contribution is 2.31. The van der Waals surface area contributed by atoms with E-state index in [1.807, 2.05) is 24.3 Å². The van der Waals surface area contributed by atoms with Gasteiger partial charge in [-0.3, -0.25) is 0 Å². The van der Waals surface area contributed by atoms with Crippen LogP contribution in [-0.4, -0.2) is 12.8 Å². The molecule has 1 nitrogen and oxygen atoms in total. The predicted octanol–water partition coefficient (Wildman–Crippen LogP) is 4.64. The predicted molar refractivity (Wildman–Crippen MR) is 84.8 cm³/mol. The molecule has 0 radical (unpaired) electrons. The van der Waals surface area contributed by atoms with Crippen LogP contribution in [0.1, 0.15) is 30.5 Å². The van der Waals surface area contributed by atoms with Crippen molar-refractivity contribution in [3.8, 4) is 0 Å². The SMILES string of the molecule is CCCNC(c1ccccc1F)c1ccccc1SC. The Kier molecular flexibility index (Phi) is 5.62. The minimum atomic E-state index is -0.156. The summed E-state index contributed by atoms with van der Waals surface area (Å²) in [6.07, 6.45) is 3.07. The van der Waals surface area contributed by atoms with Gasteiger partial charge >= 0.3 is 0 Å². The van der Waals surface area contributed by atoms with E-state index in [0.717, 1.165) is 18.5 Å². The number of nitrogens with one attached hydrogen (secondary N) is 1. The van der Waals surface area contributed by atoms with Gasteiger partial charge in [-0.1, -0.05) is 43.3 Å². The van der Waals surface area contributed by atoms with Crippen LogP contribution >= 0.6 is 11.8 Å². The quantitative estimate of drug-likeness (QED) is 0.778. The van der Waals surface area contributed by atoms with E-state index in [4.69, 9.17) is 0 Å². The number of hydrogen-bond acceptors (Lipinski definition) is 2. The van der Waals surface area contributed by atoms with Gasteiger partial charge < -0.3 is 5.32 Å². The maximum atomic E-state index is 14.1. The number of benzene rings is 2. The van der Waals surface area contributed by atoms with Crippen LogP contribution in [-0.2, 0) is 0 Å². The summed E-state index contributed by atoms with van der Waals surface area (Å²) in [5, 5.41) is 3.46. The van der Waals surface area contributed by atoms with Crippen molar-refractivity contribution in [3.63, 3.8) is 0 Å². The number of hydrogen-bond donors (Lipinski definition) is 1. The Labute approximate surface area is 124 Å². The van der Waals surface area contributed by atoms with Crippen molar-refractivity contribution in [3.05, 3.63) is 65.5 Å². The van der Waals surface area contributed by atoms with Gasteiger partial charge in [0.05, 0.1) is 6.04 Å². The van der Waals surface area contributed by atoms with E-state index in [0.29, 0.717) is 5.56 Å². The maximum Gasteiger partial charge on any atom is 0.128 e. The van der Waals surface area contributed by atoms with Crippen molar-refractivity contribution in [2.45, 2.75) is 24.3 Å². The van der Waals surface area contributed by atoms with Crippen LogP contribution in [0.4, 0.5) is 4.39 Å². The largest absolute Gasteiger partial charge is 0.306 e. The Morgan fingerprint density at radius 3 is 2.35 bits per heavy atom. The highest BCUT2D eigenvalue weighted by molar-refractivity contribution is 7.98. The Morgan fingerprint density at radius 1 is 1.05 bits per heavy atom. The van der Waals surface area contributed by atoms with E-state index in [-0.39, 0.29) is 11.9 Å². The minimum Gasteiger partial charge on any atom is -0.306 e. The lowest BCUT2D eigenvalue weighted by atomic mass is 9.98. The van der Waals surface area contributed by atoms with Crippen LogP contribution < -0.4 is 5.32 Å². The Balaban J connectivity index is 2.44. The van der Waals surface area contributed by atoms with Crippen molar-refractivity contribution in [1.82, 2.24) is 5.32 Å². The lowest BCUT2D eigenvalue weighted by Gasteiger charge is -2.22. The van der Waals surface area contributed by atoms with Crippen LogP contribution in [0.3, 0.4) is 0 Å². The van der Waals surface area contributed by atoms with Crippen LogP contribution in [0.15, 0.2) is 53.4 Å². The molecule has 0 fully saturated rings. The van der Waals surface area contributed by atoms with Gasteiger partial charge in [0, 0.05) is 10.5 Å². The first-order valence-electron chi connectivity index (χ1n) is 6.88. The second kappa shape index (κ2) is 7.46. The molecule has 0 saturated heterocycles. The highest BCUT2D eigenvalue weighted by atomic mass is 32.2. The molecule has 20 heavy (non-hydrogen) atoms. The van der Waals surface area contributed by atoms with Crippen LogP contribution in [0, 0.1) is 5.82 Å². The number of halogens is 1. The van der Waals surface area contributed by atoms with Crippen molar-refractivity contribution < 1.29 is 4.39 Å². The van der Waals surface area contributed by atoms with E-state index >= 15 is 0 Å². The molecule has 106 valence electrons. The molecule has 1 atom stereocenters. The summed E-state index contributed by atoms with van der Waals surface area (Å²) >= 11 is 1.70. The van der Waals surface area contributed by atoms with Gasteiger partial charge in [0.1, 0.15) is 5.82 Å². The molecule has 0 aliphatic carbocycles. The van der Waals surface area contributed by atoms with Crippen LogP contribution in [0.5, 0.6) is 0 Å². The average Bonchev–Trinajstić information content (AvgIpc) is 2.49. The molecule has 0 saturated carbocycles. The molecule has 2 aromatic rings.